The number of amides is 1. The normalized spacial score (nSPS) is 18.8. The highest BCUT2D eigenvalue weighted by Crippen LogP contribution is 2.33. The first-order valence-electron chi connectivity index (χ1n) is 9.17. The Kier molecular flexibility index (Phi) is 7.71. The Morgan fingerprint density at radius 2 is 1.79 bits per heavy atom. The van der Waals surface area contributed by atoms with Gasteiger partial charge in [0.15, 0.2) is 0 Å². The number of nitrogens with two attached hydrogens (primary N) is 1. The van der Waals surface area contributed by atoms with E-state index >= 15 is 0 Å². The van der Waals surface area contributed by atoms with Crippen molar-refractivity contribution in [1.82, 2.24) is 4.90 Å². The van der Waals surface area contributed by atoms with Crippen LogP contribution in [-0.4, -0.2) is 47.2 Å². The molecule has 2 aliphatic rings. The molecule has 0 aromatic heterocycles. The van der Waals surface area contributed by atoms with Crippen molar-refractivity contribution in [2.45, 2.75) is 44.3 Å². The van der Waals surface area contributed by atoms with Gasteiger partial charge in [0.1, 0.15) is 0 Å². The molecule has 28 heavy (non-hydrogen) atoms. The molecule has 1 aliphatic carbocycles. The van der Waals surface area contributed by atoms with Gasteiger partial charge in [0, 0.05) is 30.1 Å². The average molecular weight is 421 g/mol. The van der Waals surface area contributed by atoms with Crippen molar-refractivity contribution in [3.63, 3.8) is 0 Å². The molecule has 1 saturated carbocycles. The molecule has 1 atom stereocenters. The molecule has 3 rings (SSSR count). The highest BCUT2D eigenvalue weighted by atomic mass is 35.5. The number of piperidine rings is 1. The number of carboxylic acid groups (broad SMARTS) is 1. The molecule has 3 N–H and O–H groups in total. The largest absolute Gasteiger partial charge is 0.490 e. The summed E-state index contributed by atoms with van der Waals surface area (Å²) in [7, 11) is 0. The molecule has 0 radical (unpaired) electrons. The first kappa shape index (κ1) is 22.5. The summed E-state index contributed by atoms with van der Waals surface area (Å²) in [4.78, 5) is 23.0. The van der Waals surface area contributed by atoms with E-state index in [4.69, 9.17) is 27.2 Å². The summed E-state index contributed by atoms with van der Waals surface area (Å²) in [6.45, 7) is 1.76. The first-order valence-corrected chi connectivity index (χ1v) is 9.54. The molecule has 1 aliphatic heterocycles. The molecule has 1 aromatic rings. The molecule has 5 nitrogen and oxygen atoms in total. The number of rotatable bonds is 4. The number of nitrogens with zero attached hydrogens (tertiary/aromatic N) is 1. The summed E-state index contributed by atoms with van der Waals surface area (Å²) in [5.74, 6) is -1.54. The molecule has 156 valence electrons. The van der Waals surface area contributed by atoms with Crippen LogP contribution in [0.25, 0.3) is 0 Å². The summed E-state index contributed by atoms with van der Waals surface area (Å²) in [6.07, 6.45) is 0.0161. The van der Waals surface area contributed by atoms with E-state index in [1.807, 2.05) is 23.1 Å². The van der Waals surface area contributed by atoms with Crippen molar-refractivity contribution in [3.05, 3.63) is 34.9 Å². The van der Waals surface area contributed by atoms with Crippen LogP contribution in [0, 0.1) is 11.8 Å². The fraction of sp³-hybridized carbons (Fsp3) is 0.579. The van der Waals surface area contributed by atoms with E-state index in [2.05, 4.69) is 6.07 Å². The number of benzene rings is 1. The second kappa shape index (κ2) is 9.60. The lowest BCUT2D eigenvalue weighted by Gasteiger charge is -2.35. The van der Waals surface area contributed by atoms with Crippen LogP contribution in [0.2, 0.25) is 5.02 Å². The number of carboxylic acids is 1. The van der Waals surface area contributed by atoms with Crippen LogP contribution in [0.1, 0.15) is 31.2 Å². The molecule has 2 fully saturated rings. The Balaban J connectivity index is 0.000000345. The number of hydrogen-bond acceptors (Lipinski definition) is 3. The maximum Gasteiger partial charge on any atom is 0.490 e. The van der Waals surface area contributed by atoms with Gasteiger partial charge in [-0.15, -0.1) is 0 Å². The molecular formula is C19H24ClF3N2O3. The number of carbonyl (C=O) groups excluding carboxylic acids is 1. The van der Waals surface area contributed by atoms with E-state index in [1.165, 1.54) is 5.56 Å². The minimum absolute atomic E-state index is 0.154. The predicted octanol–water partition coefficient (Wildman–Crippen LogP) is 3.49. The third kappa shape index (κ3) is 6.98. The third-order valence-corrected chi connectivity index (χ3v) is 5.22. The molecular weight excluding hydrogens is 397 g/mol. The minimum Gasteiger partial charge on any atom is -0.475 e. The van der Waals surface area contributed by atoms with Crippen molar-refractivity contribution in [1.29, 1.82) is 0 Å². The van der Waals surface area contributed by atoms with E-state index in [-0.39, 0.29) is 6.04 Å². The lowest BCUT2D eigenvalue weighted by molar-refractivity contribution is -0.192. The molecule has 1 unspecified atom stereocenters. The average Bonchev–Trinajstić information content (AvgIpc) is 3.46. The van der Waals surface area contributed by atoms with Gasteiger partial charge in [0.25, 0.3) is 0 Å². The molecule has 1 saturated heterocycles. The van der Waals surface area contributed by atoms with Crippen molar-refractivity contribution in [2.75, 3.05) is 13.1 Å². The molecule has 1 amide bonds. The van der Waals surface area contributed by atoms with E-state index in [9.17, 15) is 18.0 Å². The molecule has 0 spiro atoms. The van der Waals surface area contributed by atoms with Gasteiger partial charge in [0.05, 0.1) is 0 Å². The van der Waals surface area contributed by atoms with Crippen LogP contribution in [0.3, 0.4) is 0 Å². The second-order valence-electron chi connectivity index (χ2n) is 7.24. The lowest BCUT2D eigenvalue weighted by atomic mass is 9.86. The van der Waals surface area contributed by atoms with Gasteiger partial charge in [-0.3, -0.25) is 4.79 Å². The van der Waals surface area contributed by atoms with Crippen LogP contribution < -0.4 is 5.73 Å². The fourth-order valence-corrected chi connectivity index (χ4v) is 3.45. The number of halogens is 4. The molecule has 1 heterocycles. The number of carbonyl (C=O) groups is 2. The van der Waals surface area contributed by atoms with Gasteiger partial charge in [-0.1, -0.05) is 23.7 Å². The molecule has 0 bridgehead atoms. The monoisotopic (exact) mass is 420 g/mol. The molecule has 9 heteroatoms. The summed E-state index contributed by atoms with van der Waals surface area (Å²) in [6, 6.07) is 8.09. The zero-order valence-corrected chi connectivity index (χ0v) is 16.0. The Morgan fingerprint density at radius 3 is 2.25 bits per heavy atom. The van der Waals surface area contributed by atoms with Gasteiger partial charge in [-0.25, -0.2) is 4.79 Å². The van der Waals surface area contributed by atoms with Gasteiger partial charge >= 0.3 is 12.1 Å². The first-order chi connectivity index (χ1) is 13.1. The smallest absolute Gasteiger partial charge is 0.475 e. The Labute approximate surface area is 166 Å². The fourth-order valence-electron chi connectivity index (χ4n) is 3.24. The topological polar surface area (TPSA) is 83.6 Å². The van der Waals surface area contributed by atoms with Crippen molar-refractivity contribution in [3.8, 4) is 0 Å². The summed E-state index contributed by atoms with van der Waals surface area (Å²) < 4.78 is 31.7. The van der Waals surface area contributed by atoms with Crippen molar-refractivity contribution >= 4 is 23.5 Å². The van der Waals surface area contributed by atoms with Crippen molar-refractivity contribution in [2.24, 2.45) is 17.6 Å². The van der Waals surface area contributed by atoms with Gasteiger partial charge in [-0.2, -0.15) is 13.2 Å². The van der Waals surface area contributed by atoms with Crippen LogP contribution in [0.15, 0.2) is 24.3 Å². The van der Waals surface area contributed by atoms with E-state index < -0.39 is 12.1 Å². The molecule has 1 aromatic carbocycles. The zero-order chi connectivity index (χ0) is 20.9. The van der Waals surface area contributed by atoms with E-state index in [1.54, 1.807) is 0 Å². The van der Waals surface area contributed by atoms with Crippen LogP contribution in [0.4, 0.5) is 13.2 Å². The Morgan fingerprint density at radius 1 is 1.21 bits per heavy atom. The van der Waals surface area contributed by atoms with Gasteiger partial charge in [-0.05, 0) is 55.7 Å². The maximum absolute atomic E-state index is 12.0. The quantitative estimate of drug-likeness (QED) is 0.781. The number of aliphatic carboxylic acids is 1. The maximum atomic E-state index is 12.0. The van der Waals surface area contributed by atoms with Crippen molar-refractivity contribution < 1.29 is 27.9 Å². The number of hydrogen-bond donors (Lipinski definition) is 2. The van der Waals surface area contributed by atoms with E-state index in [0.717, 1.165) is 50.2 Å². The van der Waals surface area contributed by atoms with Crippen LogP contribution >= 0.6 is 11.6 Å². The Hall–Kier alpha value is -1.80. The summed E-state index contributed by atoms with van der Waals surface area (Å²) >= 11 is 6.02. The van der Waals surface area contributed by atoms with Gasteiger partial charge in [0.2, 0.25) is 5.91 Å². The van der Waals surface area contributed by atoms with Gasteiger partial charge < -0.3 is 15.7 Å². The third-order valence-electron chi connectivity index (χ3n) is 4.99. The minimum atomic E-state index is -5.08. The summed E-state index contributed by atoms with van der Waals surface area (Å²) in [5.41, 5.74) is 7.58. The van der Waals surface area contributed by atoms with Crippen LogP contribution in [-0.2, 0) is 16.0 Å². The number of likely N-dealkylation sites (tertiary alicyclic amines) is 1. The summed E-state index contributed by atoms with van der Waals surface area (Å²) in [5, 5.41) is 7.89. The standard InChI is InChI=1S/C17H23ClN2O.C2HF3O2/c18-15-3-1-2-12(10-15)11-16(19)13-6-8-20(9-7-13)17(21)14-4-5-14;3-2(4,5)1(6)7/h1-3,10,13-14,16H,4-9,11,19H2;(H,6,7). The zero-order valence-electron chi connectivity index (χ0n) is 15.3. The number of alkyl halides is 3. The highest BCUT2D eigenvalue weighted by Gasteiger charge is 2.38. The SMILES string of the molecule is NC(Cc1cccc(Cl)c1)C1CCN(C(=O)C2CC2)CC1.O=C(O)C(F)(F)F. The van der Waals surface area contributed by atoms with Crippen LogP contribution in [0.5, 0.6) is 0 Å². The Bertz CT molecular complexity index is 687. The highest BCUT2D eigenvalue weighted by molar-refractivity contribution is 6.30. The lowest BCUT2D eigenvalue weighted by Crippen LogP contribution is -2.44. The second-order valence-corrected chi connectivity index (χ2v) is 7.67. The van der Waals surface area contributed by atoms with E-state index in [0.29, 0.717) is 17.7 Å². The predicted molar refractivity (Wildman–Crippen MR) is 98.9 cm³/mol.